The van der Waals surface area contributed by atoms with Gasteiger partial charge >= 0.3 is 0 Å². The number of piperidine rings is 1. The number of likely N-dealkylation sites (tertiary alicyclic amines) is 1. The number of rotatable bonds is 3. The molecule has 1 fully saturated rings. The minimum atomic E-state index is 0. The van der Waals surface area contributed by atoms with Crippen molar-refractivity contribution in [3.05, 3.63) is 36.2 Å². The Balaban J connectivity index is 0.00000147. The molecular formula is C13H19ClN6. The van der Waals surface area contributed by atoms with Crippen LogP contribution in [0.4, 0.5) is 0 Å². The summed E-state index contributed by atoms with van der Waals surface area (Å²) >= 11 is 0. The predicted molar refractivity (Wildman–Crippen MR) is 78.9 cm³/mol. The zero-order chi connectivity index (χ0) is 13.1. The van der Waals surface area contributed by atoms with Crippen LogP contribution in [0, 0.1) is 0 Å². The Bertz CT molecular complexity index is 529. The normalized spacial score (nSPS) is 19.6. The number of nitrogens with zero attached hydrogens (tertiary/aromatic N) is 5. The molecule has 2 aromatic rings. The molecule has 0 bridgehead atoms. The molecule has 20 heavy (non-hydrogen) atoms. The molecule has 2 heterocycles. The van der Waals surface area contributed by atoms with Gasteiger partial charge in [0.05, 0.1) is 12.2 Å². The van der Waals surface area contributed by atoms with Crippen LogP contribution in [0.1, 0.15) is 18.7 Å². The highest BCUT2D eigenvalue weighted by Crippen LogP contribution is 2.13. The Kier molecular flexibility index (Phi) is 5.05. The Morgan fingerprint density at radius 3 is 2.80 bits per heavy atom. The van der Waals surface area contributed by atoms with Crippen molar-refractivity contribution in [2.24, 2.45) is 5.73 Å². The zero-order valence-corrected chi connectivity index (χ0v) is 12.0. The largest absolute Gasteiger partial charge is 0.327 e. The number of para-hydroxylation sites is 1. The first-order valence-electron chi connectivity index (χ1n) is 6.63. The van der Waals surface area contributed by atoms with Crippen LogP contribution in [0.3, 0.4) is 0 Å². The van der Waals surface area contributed by atoms with Gasteiger partial charge in [-0.1, -0.05) is 18.2 Å². The maximum absolute atomic E-state index is 6.00. The third-order valence-corrected chi connectivity index (χ3v) is 3.44. The lowest BCUT2D eigenvalue weighted by Crippen LogP contribution is -2.42. The van der Waals surface area contributed by atoms with Gasteiger partial charge in [0, 0.05) is 12.6 Å². The highest BCUT2D eigenvalue weighted by atomic mass is 35.5. The van der Waals surface area contributed by atoms with Crippen LogP contribution in [-0.2, 0) is 6.54 Å². The van der Waals surface area contributed by atoms with E-state index in [9.17, 15) is 0 Å². The van der Waals surface area contributed by atoms with Gasteiger partial charge in [0.15, 0.2) is 5.82 Å². The van der Waals surface area contributed by atoms with Crippen LogP contribution in [0.2, 0.25) is 0 Å². The summed E-state index contributed by atoms with van der Waals surface area (Å²) in [5, 5.41) is 12.0. The van der Waals surface area contributed by atoms with E-state index >= 15 is 0 Å². The van der Waals surface area contributed by atoms with Crippen LogP contribution in [-0.4, -0.2) is 44.2 Å². The van der Waals surface area contributed by atoms with Crippen molar-refractivity contribution in [2.75, 3.05) is 13.1 Å². The van der Waals surface area contributed by atoms with E-state index in [1.807, 2.05) is 30.3 Å². The monoisotopic (exact) mass is 294 g/mol. The average Bonchev–Trinajstić information content (AvgIpc) is 2.88. The molecule has 7 heteroatoms. The third-order valence-electron chi connectivity index (χ3n) is 3.44. The summed E-state index contributed by atoms with van der Waals surface area (Å²) in [6, 6.07) is 10.2. The fourth-order valence-corrected chi connectivity index (χ4v) is 2.51. The maximum Gasteiger partial charge on any atom is 0.170 e. The number of aromatic nitrogens is 4. The summed E-state index contributed by atoms with van der Waals surface area (Å²) in [7, 11) is 0. The van der Waals surface area contributed by atoms with Crippen LogP contribution in [0.15, 0.2) is 30.3 Å². The lowest BCUT2D eigenvalue weighted by Gasteiger charge is -2.29. The fraction of sp³-hybridized carbons (Fsp3) is 0.462. The first-order chi connectivity index (χ1) is 9.33. The number of tetrazole rings is 1. The van der Waals surface area contributed by atoms with Gasteiger partial charge in [-0.15, -0.1) is 17.5 Å². The number of hydrogen-bond donors (Lipinski definition) is 1. The second-order valence-corrected chi connectivity index (χ2v) is 4.98. The molecule has 1 aromatic heterocycles. The molecule has 0 radical (unpaired) electrons. The van der Waals surface area contributed by atoms with Crippen LogP contribution in [0.25, 0.3) is 5.69 Å². The van der Waals surface area contributed by atoms with E-state index in [1.54, 1.807) is 4.68 Å². The first kappa shape index (κ1) is 14.9. The van der Waals surface area contributed by atoms with Gasteiger partial charge in [-0.25, -0.2) is 0 Å². The van der Waals surface area contributed by atoms with Gasteiger partial charge in [-0.05, 0) is 41.9 Å². The number of benzene rings is 1. The van der Waals surface area contributed by atoms with Crippen molar-refractivity contribution < 1.29 is 0 Å². The van der Waals surface area contributed by atoms with Gasteiger partial charge in [-0.2, -0.15) is 4.68 Å². The highest BCUT2D eigenvalue weighted by Gasteiger charge is 2.19. The number of nitrogens with two attached hydrogens (primary N) is 1. The van der Waals surface area contributed by atoms with Crippen molar-refractivity contribution in [3.63, 3.8) is 0 Å². The second kappa shape index (κ2) is 6.78. The Hall–Kier alpha value is -1.50. The molecule has 1 aliphatic heterocycles. The lowest BCUT2D eigenvalue weighted by atomic mass is 10.1. The van der Waals surface area contributed by atoms with E-state index in [2.05, 4.69) is 20.4 Å². The molecule has 1 saturated heterocycles. The van der Waals surface area contributed by atoms with Crippen LogP contribution < -0.4 is 5.73 Å². The fourth-order valence-electron chi connectivity index (χ4n) is 2.51. The maximum atomic E-state index is 6.00. The summed E-state index contributed by atoms with van der Waals surface area (Å²) in [5.41, 5.74) is 6.99. The molecule has 0 saturated carbocycles. The Labute approximate surface area is 124 Å². The Morgan fingerprint density at radius 1 is 1.25 bits per heavy atom. The molecule has 1 atom stereocenters. The second-order valence-electron chi connectivity index (χ2n) is 4.98. The third kappa shape index (κ3) is 3.33. The van der Waals surface area contributed by atoms with Crippen molar-refractivity contribution in [2.45, 2.75) is 25.4 Å². The van der Waals surface area contributed by atoms with Gasteiger partial charge in [0.1, 0.15) is 0 Å². The van der Waals surface area contributed by atoms with Gasteiger partial charge < -0.3 is 5.73 Å². The SMILES string of the molecule is Cl.N[C@@H]1CCCN(Cc2nnnn2-c2ccccc2)C1. The molecule has 2 N–H and O–H groups in total. The molecule has 0 spiro atoms. The summed E-state index contributed by atoms with van der Waals surface area (Å²) in [5.74, 6) is 0.861. The van der Waals surface area contributed by atoms with E-state index < -0.39 is 0 Å². The standard InChI is InChI=1S/C13H18N6.ClH/c14-11-5-4-8-18(9-11)10-13-15-16-17-19(13)12-6-2-1-3-7-12;/h1-3,6-7,11H,4-5,8-10,14H2;1H/t11-;/m1./s1. The topological polar surface area (TPSA) is 72.9 Å². The van der Waals surface area contributed by atoms with Gasteiger partial charge in [0.25, 0.3) is 0 Å². The van der Waals surface area contributed by atoms with E-state index in [0.717, 1.165) is 44.0 Å². The summed E-state index contributed by atoms with van der Waals surface area (Å²) in [4.78, 5) is 2.32. The molecule has 0 amide bonds. The number of halogens is 1. The summed E-state index contributed by atoms with van der Waals surface area (Å²) in [6.45, 7) is 2.73. The summed E-state index contributed by atoms with van der Waals surface area (Å²) in [6.07, 6.45) is 2.26. The van der Waals surface area contributed by atoms with Gasteiger partial charge in [0.2, 0.25) is 0 Å². The van der Waals surface area contributed by atoms with E-state index in [4.69, 9.17) is 5.73 Å². The van der Waals surface area contributed by atoms with Crippen molar-refractivity contribution >= 4 is 12.4 Å². The summed E-state index contributed by atoms with van der Waals surface area (Å²) < 4.78 is 1.79. The van der Waals surface area contributed by atoms with E-state index in [0.29, 0.717) is 0 Å². The van der Waals surface area contributed by atoms with E-state index in [-0.39, 0.29) is 18.4 Å². The molecule has 108 valence electrons. The van der Waals surface area contributed by atoms with E-state index in [1.165, 1.54) is 0 Å². The Morgan fingerprint density at radius 2 is 2.05 bits per heavy atom. The minimum Gasteiger partial charge on any atom is -0.327 e. The van der Waals surface area contributed by atoms with Crippen LogP contribution in [0.5, 0.6) is 0 Å². The van der Waals surface area contributed by atoms with Crippen molar-refractivity contribution in [1.82, 2.24) is 25.1 Å². The highest BCUT2D eigenvalue weighted by molar-refractivity contribution is 5.85. The van der Waals surface area contributed by atoms with Crippen LogP contribution >= 0.6 is 12.4 Å². The molecular weight excluding hydrogens is 276 g/mol. The minimum absolute atomic E-state index is 0. The molecule has 6 nitrogen and oxygen atoms in total. The van der Waals surface area contributed by atoms with Gasteiger partial charge in [-0.3, -0.25) is 4.90 Å². The quantitative estimate of drug-likeness (QED) is 0.914. The molecule has 1 aromatic carbocycles. The molecule has 0 aliphatic carbocycles. The molecule has 0 unspecified atom stereocenters. The smallest absolute Gasteiger partial charge is 0.170 e. The van der Waals surface area contributed by atoms with Crippen molar-refractivity contribution in [1.29, 1.82) is 0 Å². The lowest BCUT2D eigenvalue weighted by molar-refractivity contribution is 0.196. The predicted octanol–water partition coefficient (Wildman–Crippen LogP) is 1.01. The zero-order valence-electron chi connectivity index (χ0n) is 11.2. The first-order valence-corrected chi connectivity index (χ1v) is 6.63. The molecule has 1 aliphatic rings. The number of hydrogen-bond acceptors (Lipinski definition) is 5. The van der Waals surface area contributed by atoms with Crippen molar-refractivity contribution in [3.8, 4) is 5.69 Å². The average molecular weight is 295 g/mol. The molecule has 3 rings (SSSR count).